The Balaban J connectivity index is 1.37. The summed E-state index contributed by atoms with van der Waals surface area (Å²) in [5.74, 6) is 0.0161. The number of para-hydroxylation sites is 2. The van der Waals surface area contributed by atoms with Crippen molar-refractivity contribution in [2.45, 2.75) is 11.3 Å². The average Bonchev–Trinajstić information content (AvgIpc) is 3.28. The van der Waals surface area contributed by atoms with E-state index in [4.69, 9.17) is 11.6 Å². The lowest BCUT2D eigenvalue weighted by atomic mass is 10.2. The average molecular weight is 442 g/mol. The number of rotatable bonds is 6. The van der Waals surface area contributed by atoms with Gasteiger partial charge in [-0.1, -0.05) is 53.7 Å². The number of amides is 1. The first-order chi connectivity index (χ1) is 14.1. The number of hydrogen-bond donors (Lipinski definition) is 1. The first kappa shape index (κ1) is 19.6. The third kappa shape index (κ3) is 4.50. The van der Waals surface area contributed by atoms with Gasteiger partial charge in [0.2, 0.25) is 0 Å². The predicted molar refractivity (Wildman–Crippen MR) is 119 cm³/mol. The molecule has 146 valence electrons. The minimum atomic E-state index is -0.213. The highest BCUT2D eigenvalue weighted by Crippen LogP contribution is 2.29. The van der Waals surface area contributed by atoms with Crippen molar-refractivity contribution in [3.8, 4) is 5.69 Å². The van der Waals surface area contributed by atoms with Gasteiger partial charge in [-0.05, 0) is 31.2 Å². The number of halogens is 1. The van der Waals surface area contributed by atoms with Gasteiger partial charge in [0.1, 0.15) is 0 Å². The number of carbonyl (C=O) groups is 1. The van der Waals surface area contributed by atoms with Crippen LogP contribution in [0.5, 0.6) is 0 Å². The molecular formula is C20H16ClN5OS2. The van der Waals surface area contributed by atoms with Crippen molar-refractivity contribution in [3.63, 3.8) is 0 Å². The highest BCUT2D eigenvalue weighted by Gasteiger charge is 2.13. The molecule has 0 radical (unpaired) electrons. The summed E-state index contributed by atoms with van der Waals surface area (Å²) in [6.45, 7) is 1.90. The SMILES string of the molecule is Cc1c(/C=N/NC(=O)CSc2nc3ccccc3s2)c(Cl)nn1-c1ccccc1. The van der Waals surface area contributed by atoms with Crippen molar-refractivity contribution < 1.29 is 4.79 Å². The van der Waals surface area contributed by atoms with Gasteiger partial charge >= 0.3 is 0 Å². The number of thioether (sulfide) groups is 1. The Morgan fingerprint density at radius 1 is 1.24 bits per heavy atom. The van der Waals surface area contributed by atoms with E-state index in [1.807, 2.05) is 61.5 Å². The third-order valence-corrected chi connectivity index (χ3v) is 6.56. The lowest BCUT2D eigenvalue weighted by molar-refractivity contribution is -0.118. The molecule has 0 saturated heterocycles. The maximum atomic E-state index is 12.1. The molecule has 0 spiro atoms. The van der Waals surface area contributed by atoms with Crippen LogP contribution in [0, 0.1) is 6.92 Å². The zero-order valence-electron chi connectivity index (χ0n) is 15.4. The second kappa shape index (κ2) is 8.77. The number of nitrogens with zero attached hydrogens (tertiary/aromatic N) is 4. The van der Waals surface area contributed by atoms with Crippen LogP contribution in [0.25, 0.3) is 15.9 Å². The first-order valence-electron chi connectivity index (χ1n) is 8.72. The molecule has 1 N–H and O–H groups in total. The van der Waals surface area contributed by atoms with Crippen LogP contribution in [0.1, 0.15) is 11.3 Å². The number of carbonyl (C=O) groups excluding carboxylic acids is 1. The first-order valence-corrected chi connectivity index (χ1v) is 10.9. The minimum Gasteiger partial charge on any atom is -0.272 e. The Labute approximate surface area is 180 Å². The lowest BCUT2D eigenvalue weighted by Crippen LogP contribution is -2.19. The van der Waals surface area contributed by atoms with Crippen LogP contribution in [-0.4, -0.2) is 32.6 Å². The fraction of sp³-hybridized carbons (Fsp3) is 0.100. The zero-order valence-corrected chi connectivity index (χ0v) is 17.8. The van der Waals surface area contributed by atoms with Crippen LogP contribution in [0.2, 0.25) is 5.15 Å². The van der Waals surface area contributed by atoms with Crippen molar-refractivity contribution in [1.29, 1.82) is 0 Å². The van der Waals surface area contributed by atoms with Gasteiger partial charge in [0.25, 0.3) is 5.91 Å². The van der Waals surface area contributed by atoms with Gasteiger partial charge in [0.05, 0.1) is 39.1 Å². The third-order valence-electron chi connectivity index (χ3n) is 4.10. The minimum absolute atomic E-state index is 0.213. The van der Waals surface area contributed by atoms with Crippen LogP contribution in [0.15, 0.2) is 64.0 Å². The summed E-state index contributed by atoms with van der Waals surface area (Å²) in [7, 11) is 0. The molecule has 1 amide bonds. The maximum absolute atomic E-state index is 12.1. The number of thiazole rings is 1. The largest absolute Gasteiger partial charge is 0.272 e. The van der Waals surface area contributed by atoms with Crippen LogP contribution in [0.3, 0.4) is 0 Å². The maximum Gasteiger partial charge on any atom is 0.250 e. The standard InChI is InChI=1S/C20H16ClN5OS2/c1-13-15(19(21)25-26(13)14-7-3-2-4-8-14)11-22-24-18(27)12-28-20-23-16-9-5-6-10-17(16)29-20/h2-11H,12H2,1H3,(H,24,27)/b22-11+. The van der Waals surface area contributed by atoms with Gasteiger partial charge in [-0.25, -0.2) is 15.1 Å². The molecule has 4 aromatic rings. The Bertz CT molecular complexity index is 1150. The molecule has 0 bridgehead atoms. The van der Waals surface area contributed by atoms with Crippen molar-refractivity contribution >= 4 is 57.0 Å². The molecule has 0 fully saturated rings. The summed E-state index contributed by atoms with van der Waals surface area (Å²) < 4.78 is 3.71. The van der Waals surface area contributed by atoms with Crippen molar-refractivity contribution in [2.24, 2.45) is 5.10 Å². The van der Waals surface area contributed by atoms with E-state index in [1.165, 1.54) is 18.0 Å². The highest BCUT2D eigenvalue weighted by molar-refractivity contribution is 8.01. The molecular weight excluding hydrogens is 426 g/mol. The quantitative estimate of drug-likeness (QED) is 0.268. The molecule has 9 heteroatoms. The van der Waals surface area contributed by atoms with E-state index < -0.39 is 0 Å². The smallest absolute Gasteiger partial charge is 0.250 e. The molecule has 0 atom stereocenters. The number of hydrogen-bond acceptors (Lipinski definition) is 6. The van der Waals surface area contributed by atoms with Gasteiger partial charge in [-0.15, -0.1) is 11.3 Å². The number of fused-ring (bicyclic) bond motifs is 1. The van der Waals surface area contributed by atoms with Crippen LogP contribution >= 0.6 is 34.7 Å². The molecule has 29 heavy (non-hydrogen) atoms. The zero-order chi connectivity index (χ0) is 20.2. The monoisotopic (exact) mass is 441 g/mol. The number of hydrazone groups is 1. The molecule has 0 aliphatic rings. The van der Waals surface area contributed by atoms with E-state index in [0.717, 1.165) is 25.9 Å². The Hall–Kier alpha value is -2.68. The second-order valence-electron chi connectivity index (χ2n) is 6.07. The fourth-order valence-electron chi connectivity index (χ4n) is 2.69. The topological polar surface area (TPSA) is 72.2 Å². The molecule has 0 aliphatic carbocycles. The molecule has 0 saturated carbocycles. The summed E-state index contributed by atoms with van der Waals surface area (Å²) in [5.41, 5.74) is 5.88. The van der Waals surface area contributed by atoms with E-state index in [1.54, 1.807) is 16.0 Å². The number of aromatic nitrogens is 3. The van der Waals surface area contributed by atoms with Crippen molar-refractivity contribution in [2.75, 3.05) is 5.75 Å². The molecule has 0 unspecified atom stereocenters. The van der Waals surface area contributed by atoms with Crippen molar-refractivity contribution in [1.82, 2.24) is 20.2 Å². The normalized spacial score (nSPS) is 11.4. The highest BCUT2D eigenvalue weighted by atomic mass is 35.5. The van der Waals surface area contributed by atoms with E-state index in [9.17, 15) is 4.79 Å². The summed E-state index contributed by atoms with van der Waals surface area (Å²) >= 11 is 9.21. The predicted octanol–water partition coefficient (Wildman–Crippen LogP) is 4.69. The molecule has 2 heterocycles. The van der Waals surface area contributed by atoms with Crippen LogP contribution < -0.4 is 5.43 Å². The van der Waals surface area contributed by atoms with Crippen LogP contribution in [0.4, 0.5) is 0 Å². The molecule has 2 aromatic heterocycles. The van der Waals surface area contributed by atoms with Crippen LogP contribution in [-0.2, 0) is 4.79 Å². The molecule has 6 nitrogen and oxygen atoms in total. The molecule has 0 aliphatic heterocycles. The lowest BCUT2D eigenvalue weighted by Gasteiger charge is -2.03. The summed E-state index contributed by atoms with van der Waals surface area (Å²) in [5, 5.41) is 8.70. The molecule has 2 aromatic carbocycles. The number of benzene rings is 2. The summed E-state index contributed by atoms with van der Waals surface area (Å²) in [4.78, 5) is 16.6. The van der Waals surface area contributed by atoms with E-state index in [-0.39, 0.29) is 11.7 Å². The van der Waals surface area contributed by atoms with E-state index in [0.29, 0.717) is 10.7 Å². The molecule has 4 rings (SSSR count). The Morgan fingerprint density at radius 2 is 2.00 bits per heavy atom. The van der Waals surface area contributed by atoms with Gasteiger partial charge in [-0.3, -0.25) is 4.79 Å². The van der Waals surface area contributed by atoms with E-state index >= 15 is 0 Å². The fourth-order valence-corrected chi connectivity index (χ4v) is 4.81. The van der Waals surface area contributed by atoms with Gasteiger partial charge in [0.15, 0.2) is 9.49 Å². The van der Waals surface area contributed by atoms with Gasteiger partial charge < -0.3 is 0 Å². The Kier molecular flexibility index (Phi) is 5.94. The van der Waals surface area contributed by atoms with Crippen molar-refractivity contribution in [3.05, 3.63) is 71.0 Å². The Morgan fingerprint density at radius 3 is 2.79 bits per heavy atom. The van der Waals surface area contributed by atoms with Gasteiger partial charge in [-0.2, -0.15) is 10.2 Å². The van der Waals surface area contributed by atoms with E-state index in [2.05, 4.69) is 20.6 Å². The van der Waals surface area contributed by atoms with Gasteiger partial charge in [0, 0.05) is 0 Å². The summed E-state index contributed by atoms with van der Waals surface area (Å²) in [6, 6.07) is 17.6. The summed E-state index contributed by atoms with van der Waals surface area (Å²) in [6.07, 6.45) is 1.52. The number of nitrogens with one attached hydrogen (secondary N) is 1. The second-order valence-corrected chi connectivity index (χ2v) is 8.68.